The van der Waals surface area contributed by atoms with Crippen molar-refractivity contribution in [3.05, 3.63) is 131 Å². The number of rotatable bonds is 7. The normalized spacial score (nSPS) is 11.5. The van der Waals surface area contributed by atoms with Gasteiger partial charge in [-0.05, 0) is 71.7 Å². The van der Waals surface area contributed by atoms with Crippen molar-refractivity contribution >= 4 is 40.8 Å². The van der Waals surface area contributed by atoms with Gasteiger partial charge < -0.3 is 10.0 Å². The van der Waals surface area contributed by atoms with Gasteiger partial charge in [-0.2, -0.15) is 5.26 Å². The fraction of sp³-hybridized carbons (Fsp3) is 0.0323. The average Bonchev–Trinajstić information content (AvgIpc) is 2.90. The summed E-state index contributed by atoms with van der Waals surface area (Å²) in [6.45, 7) is 2.06. The monoisotopic (exact) mass is 456 g/mol. The van der Waals surface area contributed by atoms with Crippen molar-refractivity contribution in [1.29, 1.82) is 5.26 Å². The van der Waals surface area contributed by atoms with Crippen molar-refractivity contribution in [1.82, 2.24) is 0 Å². The molecule has 0 bridgehead atoms. The summed E-state index contributed by atoms with van der Waals surface area (Å²) in [5.74, 6) is -1.23. The number of carbonyl (C=O) groups is 1. The molecule has 0 atom stereocenters. The van der Waals surface area contributed by atoms with E-state index >= 15 is 0 Å². The van der Waals surface area contributed by atoms with Crippen LogP contribution in [0.4, 0.5) is 17.1 Å². The van der Waals surface area contributed by atoms with Gasteiger partial charge >= 0.3 is 5.97 Å². The fourth-order valence-electron chi connectivity index (χ4n) is 3.81. The molecule has 0 fully saturated rings. The Morgan fingerprint density at radius 1 is 0.714 bits per heavy atom. The maximum atomic E-state index is 11.0. The van der Waals surface area contributed by atoms with Crippen molar-refractivity contribution in [3.63, 3.8) is 0 Å². The summed E-state index contributed by atoms with van der Waals surface area (Å²) in [6.07, 6.45) is 3.45. The highest BCUT2D eigenvalue weighted by atomic mass is 16.4. The molecule has 1 N–H and O–H groups in total. The van der Waals surface area contributed by atoms with Crippen molar-refractivity contribution in [2.24, 2.45) is 0 Å². The molecule has 0 heterocycles. The highest BCUT2D eigenvalue weighted by molar-refractivity contribution is 5.96. The van der Waals surface area contributed by atoms with Crippen LogP contribution >= 0.6 is 0 Å². The first-order chi connectivity index (χ1) is 17.0. The molecule has 4 aromatic rings. The lowest BCUT2D eigenvalue weighted by molar-refractivity contribution is -0.132. The van der Waals surface area contributed by atoms with Gasteiger partial charge in [-0.3, -0.25) is 0 Å². The van der Waals surface area contributed by atoms with E-state index in [1.54, 1.807) is 18.2 Å². The Balaban J connectivity index is 1.58. The maximum Gasteiger partial charge on any atom is 0.346 e. The third kappa shape index (κ3) is 5.73. The van der Waals surface area contributed by atoms with E-state index in [0.717, 1.165) is 33.8 Å². The predicted octanol–water partition coefficient (Wildman–Crippen LogP) is 7.71. The highest BCUT2D eigenvalue weighted by Crippen LogP contribution is 2.34. The standard InChI is InChI=1S/C31H24N2O2/c1-23(20-24-12-14-25(15-13-24)21-27(22-32)31(34)35)26-16-18-30(19-17-26)33(28-8-4-2-5-9-28)29-10-6-3-7-11-29/h2-21H,1H3,(H,34,35)/b23-20-,27-21-. The smallest absolute Gasteiger partial charge is 0.346 e. The van der Waals surface area contributed by atoms with Crippen LogP contribution in [0.1, 0.15) is 23.6 Å². The van der Waals surface area contributed by atoms with E-state index in [4.69, 9.17) is 10.4 Å². The van der Waals surface area contributed by atoms with Crippen molar-refractivity contribution in [3.8, 4) is 6.07 Å². The third-order valence-electron chi connectivity index (χ3n) is 5.59. The van der Waals surface area contributed by atoms with E-state index in [1.807, 2.05) is 48.5 Å². The van der Waals surface area contributed by atoms with Gasteiger partial charge in [0.2, 0.25) is 0 Å². The molecule has 4 nitrogen and oxygen atoms in total. The molecule has 0 aliphatic carbocycles. The van der Waals surface area contributed by atoms with Gasteiger partial charge in [0.05, 0.1) is 0 Å². The molecule has 0 saturated carbocycles. The Bertz CT molecular complexity index is 1360. The number of aliphatic carboxylic acids is 1. The Labute approximate surface area is 205 Å². The molecule has 0 aliphatic rings. The summed E-state index contributed by atoms with van der Waals surface area (Å²) in [5.41, 5.74) is 6.85. The Hall–Kier alpha value is -4.88. The number of benzene rings is 4. The summed E-state index contributed by atoms with van der Waals surface area (Å²) in [6, 6.07) is 38.2. The molecule has 0 radical (unpaired) electrons. The van der Waals surface area contributed by atoms with E-state index in [0.29, 0.717) is 5.56 Å². The summed E-state index contributed by atoms with van der Waals surface area (Å²) >= 11 is 0. The van der Waals surface area contributed by atoms with Crippen LogP contribution in [-0.2, 0) is 4.79 Å². The molecule has 0 unspecified atom stereocenters. The van der Waals surface area contributed by atoms with Crippen LogP contribution in [-0.4, -0.2) is 11.1 Å². The topological polar surface area (TPSA) is 64.3 Å². The van der Waals surface area contributed by atoms with Gasteiger partial charge in [-0.25, -0.2) is 4.79 Å². The largest absolute Gasteiger partial charge is 0.477 e. The minimum atomic E-state index is -1.23. The van der Waals surface area contributed by atoms with Crippen LogP contribution in [0.5, 0.6) is 0 Å². The van der Waals surface area contributed by atoms with Crippen LogP contribution < -0.4 is 4.90 Å². The summed E-state index contributed by atoms with van der Waals surface area (Å²) in [5, 5.41) is 17.9. The maximum absolute atomic E-state index is 11.0. The first kappa shape index (κ1) is 23.3. The lowest BCUT2D eigenvalue weighted by Gasteiger charge is -2.25. The number of allylic oxidation sites excluding steroid dienone is 1. The molecule has 0 saturated heterocycles. The van der Waals surface area contributed by atoms with E-state index in [1.165, 1.54) is 6.08 Å². The van der Waals surface area contributed by atoms with Gasteiger partial charge in [0.1, 0.15) is 11.6 Å². The number of para-hydroxylation sites is 2. The van der Waals surface area contributed by atoms with Gasteiger partial charge in [0.25, 0.3) is 0 Å². The van der Waals surface area contributed by atoms with Crippen molar-refractivity contribution in [2.75, 3.05) is 4.90 Å². The molecule has 4 heteroatoms. The number of nitrogens with zero attached hydrogens (tertiary/aromatic N) is 2. The van der Waals surface area contributed by atoms with Gasteiger partial charge in [-0.15, -0.1) is 0 Å². The highest BCUT2D eigenvalue weighted by Gasteiger charge is 2.12. The van der Waals surface area contributed by atoms with Crippen molar-refractivity contribution < 1.29 is 9.90 Å². The van der Waals surface area contributed by atoms with Crippen molar-refractivity contribution in [2.45, 2.75) is 6.92 Å². The van der Waals surface area contributed by atoms with Gasteiger partial charge in [0, 0.05) is 17.1 Å². The van der Waals surface area contributed by atoms with Crippen LogP contribution in [0.2, 0.25) is 0 Å². The van der Waals surface area contributed by atoms with Crippen LogP contribution in [0.15, 0.2) is 115 Å². The average molecular weight is 457 g/mol. The zero-order chi connectivity index (χ0) is 24.6. The molecule has 4 aromatic carbocycles. The zero-order valence-electron chi connectivity index (χ0n) is 19.3. The van der Waals surface area contributed by atoms with Gasteiger partial charge in [0.15, 0.2) is 0 Å². The van der Waals surface area contributed by atoms with E-state index in [9.17, 15) is 4.79 Å². The Morgan fingerprint density at radius 2 is 1.17 bits per heavy atom. The first-order valence-electron chi connectivity index (χ1n) is 11.2. The molecule has 0 spiro atoms. The molecule has 0 aromatic heterocycles. The SMILES string of the molecule is C/C(=C/c1ccc(/C=C(/C#N)C(=O)O)cc1)c1ccc(N(c2ccccc2)c2ccccc2)cc1. The number of hydrogen-bond donors (Lipinski definition) is 1. The molecular formula is C31H24N2O2. The van der Waals surface area contributed by atoms with E-state index in [-0.39, 0.29) is 5.57 Å². The second kappa shape index (κ2) is 10.8. The molecule has 0 aliphatic heterocycles. The zero-order valence-corrected chi connectivity index (χ0v) is 19.3. The Kier molecular flexibility index (Phi) is 7.20. The predicted molar refractivity (Wildman–Crippen MR) is 142 cm³/mol. The minimum Gasteiger partial charge on any atom is -0.477 e. The number of carboxylic acids is 1. The summed E-state index contributed by atoms with van der Waals surface area (Å²) in [7, 11) is 0. The molecule has 170 valence electrons. The minimum absolute atomic E-state index is 0.287. The lowest BCUT2D eigenvalue weighted by atomic mass is 10.0. The number of anilines is 3. The number of carboxylic acid groups (broad SMARTS) is 1. The van der Waals surface area contributed by atoms with Crippen LogP contribution in [0.3, 0.4) is 0 Å². The second-order valence-electron chi connectivity index (χ2n) is 8.02. The third-order valence-corrected chi connectivity index (χ3v) is 5.59. The second-order valence-corrected chi connectivity index (χ2v) is 8.02. The lowest BCUT2D eigenvalue weighted by Crippen LogP contribution is -2.09. The molecule has 4 rings (SSSR count). The Morgan fingerprint density at radius 3 is 1.63 bits per heavy atom. The number of hydrogen-bond acceptors (Lipinski definition) is 3. The number of nitriles is 1. The van der Waals surface area contributed by atoms with E-state index in [2.05, 4.69) is 66.4 Å². The quantitative estimate of drug-likeness (QED) is 0.176. The molecule has 0 amide bonds. The van der Waals surface area contributed by atoms with E-state index < -0.39 is 5.97 Å². The van der Waals surface area contributed by atoms with Crippen LogP contribution in [0, 0.1) is 11.3 Å². The summed E-state index contributed by atoms with van der Waals surface area (Å²) < 4.78 is 0. The first-order valence-corrected chi connectivity index (χ1v) is 11.2. The molecule has 35 heavy (non-hydrogen) atoms. The molecular weight excluding hydrogens is 432 g/mol. The fourth-order valence-corrected chi connectivity index (χ4v) is 3.81. The summed E-state index contributed by atoms with van der Waals surface area (Å²) in [4.78, 5) is 13.3. The van der Waals surface area contributed by atoms with Gasteiger partial charge in [-0.1, -0.05) is 78.9 Å². The van der Waals surface area contributed by atoms with Crippen LogP contribution in [0.25, 0.3) is 17.7 Å².